The fourth-order valence-electron chi connectivity index (χ4n) is 2.49. The van der Waals surface area contributed by atoms with Crippen molar-refractivity contribution in [2.45, 2.75) is 6.42 Å². The van der Waals surface area contributed by atoms with Gasteiger partial charge in [-0.3, -0.25) is 9.69 Å². The van der Waals surface area contributed by atoms with E-state index < -0.39 is 4.92 Å². The fraction of sp³-hybridized carbons (Fsp3) is 0.533. The number of nitrogens with zero attached hydrogens (tertiary/aromatic N) is 6. The van der Waals surface area contributed by atoms with Crippen molar-refractivity contribution >= 4 is 17.4 Å². The first kappa shape index (κ1) is 17.6. The van der Waals surface area contributed by atoms with Crippen LogP contribution in [0.3, 0.4) is 0 Å². The molecule has 0 aromatic carbocycles. The molecule has 2 heterocycles. The van der Waals surface area contributed by atoms with E-state index in [-0.39, 0.29) is 11.7 Å². The zero-order valence-electron chi connectivity index (χ0n) is 13.6. The lowest BCUT2D eigenvalue weighted by molar-refractivity contribution is -0.389. The Kier molecular flexibility index (Phi) is 6.03. The molecular formula is C15H20N6O3. The molecular weight excluding hydrogens is 312 g/mol. The minimum absolute atomic E-state index is 0.00991. The Morgan fingerprint density at radius 1 is 1.42 bits per heavy atom. The van der Waals surface area contributed by atoms with Crippen LogP contribution >= 0.6 is 0 Å². The topological polar surface area (TPSA) is 107 Å². The van der Waals surface area contributed by atoms with Gasteiger partial charge in [0.2, 0.25) is 5.91 Å². The number of piperazine rings is 1. The van der Waals surface area contributed by atoms with Crippen LogP contribution in [0.15, 0.2) is 18.3 Å². The number of hydrogen-bond donors (Lipinski definition) is 0. The van der Waals surface area contributed by atoms with Crippen LogP contribution < -0.4 is 4.90 Å². The van der Waals surface area contributed by atoms with Crippen molar-refractivity contribution < 1.29 is 9.72 Å². The molecule has 9 nitrogen and oxygen atoms in total. The second kappa shape index (κ2) is 8.21. The van der Waals surface area contributed by atoms with Crippen LogP contribution in [0, 0.1) is 21.4 Å². The number of nitro groups is 1. The van der Waals surface area contributed by atoms with Crippen molar-refractivity contribution in [2.24, 2.45) is 0 Å². The minimum Gasteiger partial charge on any atom is -0.366 e. The highest BCUT2D eigenvalue weighted by molar-refractivity contribution is 5.78. The molecule has 0 saturated carbocycles. The van der Waals surface area contributed by atoms with Gasteiger partial charge in [0, 0.05) is 45.8 Å². The number of nitriles is 1. The molecule has 1 fully saturated rings. The summed E-state index contributed by atoms with van der Waals surface area (Å²) in [6, 6.07) is 5.12. The third-order valence-electron chi connectivity index (χ3n) is 4.00. The summed E-state index contributed by atoms with van der Waals surface area (Å²) in [6.45, 7) is 3.71. The van der Waals surface area contributed by atoms with Gasteiger partial charge in [0.25, 0.3) is 0 Å². The molecule has 128 valence electrons. The van der Waals surface area contributed by atoms with Crippen molar-refractivity contribution in [1.82, 2.24) is 14.8 Å². The van der Waals surface area contributed by atoms with Crippen LogP contribution in [0.1, 0.15) is 6.42 Å². The summed E-state index contributed by atoms with van der Waals surface area (Å²) >= 11 is 0. The first-order chi connectivity index (χ1) is 11.5. The third-order valence-corrected chi connectivity index (χ3v) is 4.00. The monoisotopic (exact) mass is 332 g/mol. The Hall–Kier alpha value is -2.73. The van der Waals surface area contributed by atoms with Gasteiger partial charge in [-0.1, -0.05) is 0 Å². The Labute approximate surface area is 140 Å². The number of amides is 1. The molecule has 0 unspecified atom stereocenters. The summed E-state index contributed by atoms with van der Waals surface area (Å²) in [5.74, 6) is -0.154. The van der Waals surface area contributed by atoms with Crippen molar-refractivity contribution in [3.8, 4) is 6.07 Å². The first-order valence-electron chi connectivity index (χ1n) is 7.70. The SMILES string of the molecule is CN(CCC#N)C(=O)CN1CCN(c2ccc([N+](=O)[O-])nc2)CC1. The van der Waals surface area contributed by atoms with E-state index in [1.807, 2.05) is 6.07 Å². The van der Waals surface area contributed by atoms with E-state index in [2.05, 4.69) is 14.8 Å². The molecule has 1 aromatic rings. The normalized spacial score (nSPS) is 14.9. The molecule has 9 heteroatoms. The van der Waals surface area contributed by atoms with Gasteiger partial charge in [-0.05, 0) is 16.0 Å². The Morgan fingerprint density at radius 2 is 2.12 bits per heavy atom. The zero-order chi connectivity index (χ0) is 17.5. The molecule has 0 spiro atoms. The van der Waals surface area contributed by atoms with Gasteiger partial charge in [-0.15, -0.1) is 0 Å². The van der Waals surface area contributed by atoms with E-state index in [1.54, 1.807) is 18.0 Å². The van der Waals surface area contributed by atoms with E-state index in [0.717, 1.165) is 31.9 Å². The van der Waals surface area contributed by atoms with Crippen LogP contribution in [0.4, 0.5) is 11.5 Å². The van der Waals surface area contributed by atoms with Crippen molar-refractivity contribution in [1.29, 1.82) is 5.26 Å². The maximum atomic E-state index is 12.1. The second-order valence-electron chi connectivity index (χ2n) is 5.62. The van der Waals surface area contributed by atoms with Crippen LogP contribution in [0.2, 0.25) is 0 Å². The molecule has 1 aromatic heterocycles. The summed E-state index contributed by atoms with van der Waals surface area (Å²) in [5.41, 5.74) is 0.845. The fourth-order valence-corrected chi connectivity index (χ4v) is 2.49. The molecule has 2 rings (SSSR count). The number of likely N-dealkylation sites (N-methyl/N-ethyl adjacent to an activating group) is 1. The maximum absolute atomic E-state index is 12.1. The number of pyridine rings is 1. The summed E-state index contributed by atoms with van der Waals surface area (Å²) in [5, 5.41) is 19.2. The number of carbonyl (C=O) groups excluding carboxylic acids is 1. The molecule has 0 N–H and O–H groups in total. The molecule has 1 amide bonds. The Balaban J connectivity index is 1.82. The number of hydrogen-bond acceptors (Lipinski definition) is 7. The van der Waals surface area contributed by atoms with Gasteiger partial charge in [0.15, 0.2) is 6.20 Å². The predicted octanol–water partition coefficient (Wildman–Crippen LogP) is 0.484. The van der Waals surface area contributed by atoms with Gasteiger partial charge in [0.1, 0.15) is 0 Å². The largest absolute Gasteiger partial charge is 0.366 e. The molecule has 0 radical (unpaired) electrons. The number of rotatable bonds is 6. The van der Waals surface area contributed by atoms with Crippen LogP contribution in [-0.2, 0) is 4.79 Å². The lowest BCUT2D eigenvalue weighted by Crippen LogP contribution is -2.49. The Morgan fingerprint density at radius 3 is 2.67 bits per heavy atom. The standard InChI is InChI=1S/C15H20N6O3/c1-18(6-2-5-16)15(22)12-19-7-9-20(10-8-19)13-3-4-14(17-11-13)21(23)24/h3-4,11H,2,6-10,12H2,1H3. The number of anilines is 1. The van der Waals surface area contributed by atoms with E-state index in [0.29, 0.717) is 19.5 Å². The van der Waals surface area contributed by atoms with Crippen LogP contribution in [-0.4, -0.2) is 71.9 Å². The highest BCUT2D eigenvalue weighted by Gasteiger charge is 2.21. The second-order valence-corrected chi connectivity index (χ2v) is 5.62. The molecule has 1 saturated heterocycles. The summed E-state index contributed by atoms with van der Waals surface area (Å²) < 4.78 is 0. The average molecular weight is 332 g/mol. The first-order valence-corrected chi connectivity index (χ1v) is 7.70. The lowest BCUT2D eigenvalue weighted by atomic mass is 10.2. The minimum atomic E-state index is -0.518. The molecule has 1 aliphatic rings. The molecule has 0 bridgehead atoms. The molecule has 24 heavy (non-hydrogen) atoms. The molecule has 1 aliphatic heterocycles. The zero-order valence-corrected chi connectivity index (χ0v) is 13.6. The van der Waals surface area contributed by atoms with Crippen molar-refractivity contribution in [3.05, 3.63) is 28.4 Å². The van der Waals surface area contributed by atoms with E-state index in [9.17, 15) is 14.9 Å². The van der Waals surface area contributed by atoms with Crippen molar-refractivity contribution in [3.63, 3.8) is 0 Å². The smallest absolute Gasteiger partial charge is 0.363 e. The maximum Gasteiger partial charge on any atom is 0.363 e. The molecule has 0 aliphatic carbocycles. The third kappa shape index (κ3) is 4.63. The van der Waals surface area contributed by atoms with E-state index in [1.165, 1.54) is 12.3 Å². The average Bonchev–Trinajstić information content (AvgIpc) is 2.60. The van der Waals surface area contributed by atoms with Gasteiger partial charge >= 0.3 is 5.82 Å². The number of aromatic nitrogens is 1. The van der Waals surface area contributed by atoms with Gasteiger partial charge in [-0.2, -0.15) is 5.26 Å². The molecule has 0 atom stereocenters. The predicted molar refractivity (Wildman–Crippen MR) is 87.4 cm³/mol. The van der Waals surface area contributed by atoms with E-state index in [4.69, 9.17) is 5.26 Å². The van der Waals surface area contributed by atoms with Crippen LogP contribution in [0.25, 0.3) is 0 Å². The van der Waals surface area contributed by atoms with E-state index >= 15 is 0 Å². The van der Waals surface area contributed by atoms with Gasteiger partial charge in [-0.25, -0.2) is 0 Å². The highest BCUT2D eigenvalue weighted by atomic mass is 16.6. The van der Waals surface area contributed by atoms with Gasteiger partial charge in [0.05, 0.1) is 24.7 Å². The Bertz CT molecular complexity index is 619. The summed E-state index contributed by atoms with van der Waals surface area (Å²) in [7, 11) is 1.71. The summed E-state index contributed by atoms with van der Waals surface area (Å²) in [6.07, 6.45) is 1.85. The quantitative estimate of drug-likeness (QED) is 0.551. The number of carbonyl (C=O) groups is 1. The van der Waals surface area contributed by atoms with Crippen LogP contribution in [0.5, 0.6) is 0 Å². The van der Waals surface area contributed by atoms with Crippen molar-refractivity contribution in [2.75, 3.05) is 51.2 Å². The summed E-state index contributed by atoms with van der Waals surface area (Å²) in [4.78, 5) is 31.7. The lowest BCUT2D eigenvalue weighted by Gasteiger charge is -2.35. The highest BCUT2D eigenvalue weighted by Crippen LogP contribution is 2.18. The van der Waals surface area contributed by atoms with Gasteiger partial charge < -0.3 is 19.9 Å².